The summed E-state index contributed by atoms with van der Waals surface area (Å²) in [7, 11) is 0. The van der Waals surface area contributed by atoms with Crippen LogP contribution in [0.25, 0.3) is 5.69 Å². The van der Waals surface area contributed by atoms with Crippen molar-refractivity contribution in [3.8, 4) is 5.69 Å². The Morgan fingerprint density at radius 1 is 1.53 bits per heavy atom. The molecule has 1 aromatic carbocycles. The molecule has 19 heavy (non-hydrogen) atoms. The first-order valence-corrected chi connectivity index (χ1v) is 6.57. The minimum absolute atomic E-state index is 0.173. The minimum Gasteiger partial charge on any atom is -0.481 e. The summed E-state index contributed by atoms with van der Waals surface area (Å²) < 4.78 is 15.3. The predicted molar refractivity (Wildman–Crippen MR) is 69.4 cm³/mol. The van der Waals surface area contributed by atoms with Crippen LogP contribution in [0.15, 0.2) is 23.4 Å². The van der Waals surface area contributed by atoms with Gasteiger partial charge in [0.25, 0.3) is 0 Å². The second-order valence-electron chi connectivity index (χ2n) is 3.64. The molecule has 0 aliphatic carbocycles. The van der Waals surface area contributed by atoms with Gasteiger partial charge in [-0.2, -0.15) is 0 Å². The summed E-state index contributed by atoms with van der Waals surface area (Å²) in [4.78, 5) is 10.6. The van der Waals surface area contributed by atoms with Crippen molar-refractivity contribution in [2.75, 3.05) is 5.75 Å². The van der Waals surface area contributed by atoms with Crippen LogP contribution in [0, 0.1) is 12.7 Å². The Hall–Kier alpha value is -1.60. The zero-order valence-corrected chi connectivity index (χ0v) is 11.4. The SMILES string of the molecule is Cc1nnc(SCC(=O)O)n1-c1ccc(Cl)cc1F. The van der Waals surface area contributed by atoms with Crippen molar-refractivity contribution in [2.24, 2.45) is 0 Å². The van der Waals surface area contributed by atoms with Crippen LogP contribution in [0.3, 0.4) is 0 Å². The third-order valence-corrected chi connectivity index (χ3v) is 3.42. The number of hydrogen-bond donors (Lipinski definition) is 1. The summed E-state index contributed by atoms with van der Waals surface area (Å²) in [5, 5.41) is 16.9. The van der Waals surface area contributed by atoms with E-state index in [4.69, 9.17) is 16.7 Å². The topological polar surface area (TPSA) is 68.0 Å². The van der Waals surface area contributed by atoms with Crippen LogP contribution in [0.2, 0.25) is 5.02 Å². The molecule has 5 nitrogen and oxygen atoms in total. The van der Waals surface area contributed by atoms with Gasteiger partial charge in [-0.3, -0.25) is 9.36 Å². The van der Waals surface area contributed by atoms with Gasteiger partial charge in [0.05, 0.1) is 11.4 Å². The lowest BCUT2D eigenvalue weighted by molar-refractivity contribution is -0.133. The number of rotatable bonds is 4. The maximum atomic E-state index is 13.9. The summed E-state index contributed by atoms with van der Waals surface area (Å²) in [6, 6.07) is 4.23. The lowest BCUT2D eigenvalue weighted by Gasteiger charge is -2.09. The Morgan fingerprint density at radius 2 is 2.26 bits per heavy atom. The van der Waals surface area contributed by atoms with Gasteiger partial charge >= 0.3 is 5.97 Å². The van der Waals surface area contributed by atoms with Crippen LogP contribution in [0.1, 0.15) is 5.82 Å². The van der Waals surface area contributed by atoms with Gasteiger partial charge in [0.1, 0.15) is 11.6 Å². The molecule has 0 atom stereocenters. The fourth-order valence-electron chi connectivity index (χ4n) is 1.50. The van der Waals surface area contributed by atoms with E-state index in [1.165, 1.54) is 16.7 Å². The Balaban J connectivity index is 2.43. The van der Waals surface area contributed by atoms with Gasteiger partial charge in [0, 0.05) is 5.02 Å². The number of thioether (sulfide) groups is 1. The first-order chi connectivity index (χ1) is 8.99. The average molecular weight is 302 g/mol. The fraction of sp³-hybridized carbons (Fsp3) is 0.182. The number of carboxylic acid groups (broad SMARTS) is 1. The zero-order chi connectivity index (χ0) is 14.0. The first kappa shape index (κ1) is 13.8. The van der Waals surface area contributed by atoms with Crippen molar-refractivity contribution in [1.82, 2.24) is 14.8 Å². The highest BCUT2D eigenvalue weighted by molar-refractivity contribution is 7.99. The summed E-state index contributed by atoms with van der Waals surface area (Å²) in [6.07, 6.45) is 0. The number of hydrogen-bond acceptors (Lipinski definition) is 4. The second-order valence-corrected chi connectivity index (χ2v) is 5.02. The number of carboxylic acids is 1. The van der Waals surface area contributed by atoms with Crippen LogP contribution >= 0.6 is 23.4 Å². The maximum absolute atomic E-state index is 13.9. The van der Waals surface area contributed by atoms with Gasteiger partial charge in [-0.05, 0) is 25.1 Å². The van der Waals surface area contributed by atoms with Crippen LogP contribution in [-0.4, -0.2) is 31.6 Å². The molecule has 0 amide bonds. The Labute approximate surface area is 117 Å². The van der Waals surface area contributed by atoms with E-state index < -0.39 is 11.8 Å². The van der Waals surface area contributed by atoms with E-state index in [0.29, 0.717) is 11.0 Å². The summed E-state index contributed by atoms with van der Waals surface area (Å²) in [5.41, 5.74) is 0.236. The molecule has 100 valence electrons. The Kier molecular flexibility index (Phi) is 4.06. The monoisotopic (exact) mass is 301 g/mol. The van der Waals surface area contributed by atoms with Crippen molar-refractivity contribution >= 4 is 29.3 Å². The van der Waals surface area contributed by atoms with Gasteiger partial charge in [-0.25, -0.2) is 4.39 Å². The van der Waals surface area contributed by atoms with E-state index in [9.17, 15) is 9.18 Å². The molecule has 1 N–H and O–H groups in total. The van der Waals surface area contributed by atoms with E-state index in [0.717, 1.165) is 11.8 Å². The molecular formula is C11H9ClFN3O2S. The summed E-state index contributed by atoms with van der Waals surface area (Å²) >= 11 is 6.67. The molecule has 2 aromatic rings. The fourth-order valence-corrected chi connectivity index (χ4v) is 2.37. The average Bonchev–Trinajstić information content (AvgIpc) is 2.68. The molecule has 0 aliphatic rings. The van der Waals surface area contributed by atoms with Crippen LogP contribution in [0.5, 0.6) is 0 Å². The van der Waals surface area contributed by atoms with Crippen LogP contribution in [0.4, 0.5) is 4.39 Å². The highest BCUT2D eigenvalue weighted by atomic mass is 35.5. The molecule has 0 unspecified atom stereocenters. The summed E-state index contributed by atoms with van der Waals surface area (Å²) in [6.45, 7) is 1.66. The zero-order valence-electron chi connectivity index (χ0n) is 9.80. The lowest BCUT2D eigenvalue weighted by atomic mass is 10.3. The van der Waals surface area contributed by atoms with Crippen molar-refractivity contribution in [3.63, 3.8) is 0 Å². The van der Waals surface area contributed by atoms with Crippen molar-refractivity contribution in [3.05, 3.63) is 34.9 Å². The van der Waals surface area contributed by atoms with E-state index in [2.05, 4.69) is 10.2 Å². The smallest absolute Gasteiger partial charge is 0.313 e. The third kappa shape index (κ3) is 3.05. The molecule has 0 aliphatic heterocycles. The van der Waals surface area contributed by atoms with Crippen molar-refractivity contribution in [2.45, 2.75) is 12.1 Å². The molecule has 2 rings (SSSR count). The quantitative estimate of drug-likeness (QED) is 0.879. The van der Waals surface area contributed by atoms with Gasteiger partial charge in [0.2, 0.25) is 0 Å². The summed E-state index contributed by atoms with van der Waals surface area (Å²) in [5.74, 6) is -1.21. The number of aliphatic carboxylic acids is 1. The number of aromatic nitrogens is 3. The van der Waals surface area contributed by atoms with E-state index in [1.54, 1.807) is 13.0 Å². The highest BCUT2D eigenvalue weighted by Crippen LogP contribution is 2.25. The molecule has 1 heterocycles. The second kappa shape index (κ2) is 5.58. The van der Waals surface area contributed by atoms with Crippen molar-refractivity contribution < 1.29 is 14.3 Å². The van der Waals surface area contributed by atoms with Gasteiger partial charge in [-0.15, -0.1) is 10.2 Å². The largest absolute Gasteiger partial charge is 0.481 e. The van der Waals surface area contributed by atoms with Crippen LogP contribution in [-0.2, 0) is 4.79 Å². The van der Waals surface area contributed by atoms with Gasteiger partial charge < -0.3 is 5.11 Å². The number of halogens is 2. The first-order valence-electron chi connectivity index (χ1n) is 5.21. The molecular weight excluding hydrogens is 293 g/mol. The van der Waals surface area contributed by atoms with Crippen molar-refractivity contribution in [1.29, 1.82) is 0 Å². The maximum Gasteiger partial charge on any atom is 0.313 e. The Bertz CT molecular complexity index is 632. The van der Waals surface area contributed by atoms with E-state index in [-0.39, 0.29) is 16.5 Å². The molecule has 0 saturated heterocycles. The molecule has 0 spiro atoms. The molecule has 0 fully saturated rings. The van der Waals surface area contributed by atoms with Crippen LogP contribution < -0.4 is 0 Å². The third-order valence-electron chi connectivity index (χ3n) is 2.27. The Morgan fingerprint density at radius 3 is 2.89 bits per heavy atom. The standard InChI is InChI=1S/C11H9ClFN3O2S/c1-6-14-15-11(19-5-10(17)18)16(6)9-3-2-7(12)4-8(9)13/h2-4H,5H2,1H3,(H,17,18). The number of carbonyl (C=O) groups is 1. The molecule has 0 bridgehead atoms. The molecule has 0 radical (unpaired) electrons. The number of aryl methyl sites for hydroxylation is 1. The predicted octanol–water partition coefficient (Wildman–Crippen LogP) is 2.54. The lowest BCUT2D eigenvalue weighted by Crippen LogP contribution is -2.04. The number of nitrogens with zero attached hydrogens (tertiary/aromatic N) is 3. The molecule has 0 saturated carbocycles. The minimum atomic E-state index is -0.978. The van der Waals surface area contributed by atoms with Gasteiger partial charge in [0.15, 0.2) is 5.16 Å². The molecule has 1 aromatic heterocycles. The highest BCUT2D eigenvalue weighted by Gasteiger charge is 2.16. The van der Waals surface area contributed by atoms with Gasteiger partial charge in [-0.1, -0.05) is 23.4 Å². The normalized spacial score (nSPS) is 10.7. The van der Waals surface area contributed by atoms with E-state index in [1.807, 2.05) is 0 Å². The number of benzene rings is 1. The van der Waals surface area contributed by atoms with E-state index >= 15 is 0 Å². The molecule has 8 heteroatoms.